The van der Waals surface area contributed by atoms with Gasteiger partial charge in [-0.15, -0.1) is 0 Å². The monoisotopic (exact) mass is 374 g/mol. The molecule has 3 rings (SSSR count). The lowest BCUT2D eigenvalue weighted by atomic mass is 9.94. The van der Waals surface area contributed by atoms with Crippen molar-refractivity contribution in [1.29, 1.82) is 0 Å². The highest BCUT2D eigenvalue weighted by atomic mass is 16.2. The standard InChI is InChI=1S/C25H30N2O/c1-19-5-9-22(10-6-19)24(23-11-7-20(2)8-12-23)17-21(3)18-25(28)27-15-13-26(4)14-16-27/h5-12,17-18H,13-16H2,1-4H3. The third-order valence-corrected chi connectivity index (χ3v) is 5.26. The summed E-state index contributed by atoms with van der Waals surface area (Å²) in [5.41, 5.74) is 6.91. The Hall–Kier alpha value is -2.65. The zero-order valence-electron chi connectivity index (χ0n) is 17.4. The fourth-order valence-corrected chi connectivity index (χ4v) is 3.38. The van der Waals surface area contributed by atoms with Crippen molar-refractivity contribution in [3.63, 3.8) is 0 Å². The number of likely N-dealkylation sites (N-methyl/N-ethyl adjacent to an activating group) is 1. The van der Waals surface area contributed by atoms with E-state index in [2.05, 4.69) is 80.4 Å². The largest absolute Gasteiger partial charge is 0.337 e. The summed E-state index contributed by atoms with van der Waals surface area (Å²) in [6, 6.07) is 17.1. The number of hydrogen-bond donors (Lipinski definition) is 0. The fourth-order valence-electron chi connectivity index (χ4n) is 3.38. The number of aryl methyl sites for hydroxylation is 2. The zero-order chi connectivity index (χ0) is 20.1. The second kappa shape index (κ2) is 9.03. The molecular formula is C25H30N2O. The van der Waals surface area contributed by atoms with Crippen LogP contribution in [-0.2, 0) is 4.79 Å². The summed E-state index contributed by atoms with van der Waals surface area (Å²) in [7, 11) is 2.10. The molecule has 1 aliphatic rings. The molecule has 1 heterocycles. The molecule has 0 aromatic heterocycles. The number of hydrogen-bond acceptors (Lipinski definition) is 2. The smallest absolute Gasteiger partial charge is 0.246 e. The molecule has 0 saturated carbocycles. The maximum Gasteiger partial charge on any atom is 0.246 e. The van der Waals surface area contributed by atoms with Crippen LogP contribution in [0.4, 0.5) is 0 Å². The van der Waals surface area contributed by atoms with Crippen LogP contribution in [0.5, 0.6) is 0 Å². The second-order valence-corrected chi connectivity index (χ2v) is 7.81. The third-order valence-electron chi connectivity index (χ3n) is 5.26. The van der Waals surface area contributed by atoms with Gasteiger partial charge in [-0.3, -0.25) is 4.79 Å². The Kier molecular flexibility index (Phi) is 6.48. The fraction of sp³-hybridized carbons (Fsp3) is 0.320. The molecule has 1 aliphatic heterocycles. The normalized spacial score (nSPS) is 15.4. The Morgan fingerprint density at radius 3 is 1.71 bits per heavy atom. The Balaban J connectivity index is 1.90. The highest BCUT2D eigenvalue weighted by molar-refractivity contribution is 5.90. The number of nitrogens with zero attached hydrogens (tertiary/aromatic N) is 2. The molecule has 3 nitrogen and oxygen atoms in total. The second-order valence-electron chi connectivity index (χ2n) is 7.81. The molecule has 28 heavy (non-hydrogen) atoms. The van der Waals surface area contributed by atoms with Gasteiger partial charge in [-0.05, 0) is 50.1 Å². The van der Waals surface area contributed by atoms with Crippen molar-refractivity contribution in [2.24, 2.45) is 0 Å². The van der Waals surface area contributed by atoms with Gasteiger partial charge in [-0.1, -0.05) is 65.7 Å². The van der Waals surface area contributed by atoms with E-state index in [4.69, 9.17) is 0 Å². The van der Waals surface area contributed by atoms with Gasteiger partial charge in [0.1, 0.15) is 0 Å². The van der Waals surface area contributed by atoms with Gasteiger partial charge in [0.2, 0.25) is 5.91 Å². The van der Waals surface area contributed by atoms with Gasteiger partial charge in [-0.2, -0.15) is 0 Å². The molecule has 0 atom stereocenters. The molecule has 0 unspecified atom stereocenters. The summed E-state index contributed by atoms with van der Waals surface area (Å²) in [6.45, 7) is 9.67. The van der Waals surface area contributed by atoms with E-state index in [-0.39, 0.29) is 5.91 Å². The topological polar surface area (TPSA) is 23.6 Å². The van der Waals surface area contributed by atoms with Crippen molar-refractivity contribution < 1.29 is 4.79 Å². The average Bonchev–Trinajstić information content (AvgIpc) is 2.68. The summed E-state index contributed by atoms with van der Waals surface area (Å²) in [6.07, 6.45) is 3.90. The van der Waals surface area contributed by atoms with Crippen molar-refractivity contribution in [2.75, 3.05) is 33.2 Å². The minimum atomic E-state index is 0.106. The first-order valence-corrected chi connectivity index (χ1v) is 9.94. The maximum atomic E-state index is 12.7. The molecule has 146 valence electrons. The third kappa shape index (κ3) is 5.20. The molecule has 0 spiro atoms. The Morgan fingerprint density at radius 2 is 1.25 bits per heavy atom. The van der Waals surface area contributed by atoms with Crippen molar-refractivity contribution in [3.05, 3.63) is 88.5 Å². The minimum absolute atomic E-state index is 0.106. The number of carbonyl (C=O) groups excluding carboxylic acids is 1. The molecule has 3 heteroatoms. The number of allylic oxidation sites excluding steroid dienone is 2. The molecule has 0 aliphatic carbocycles. The number of rotatable bonds is 4. The zero-order valence-corrected chi connectivity index (χ0v) is 17.4. The number of amides is 1. The SMILES string of the molecule is CC(=CC(=O)N1CCN(C)CC1)C=C(c1ccc(C)cc1)c1ccc(C)cc1. The molecule has 2 aromatic rings. The van der Waals surface area contributed by atoms with Crippen LogP contribution in [0.2, 0.25) is 0 Å². The molecule has 1 fully saturated rings. The van der Waals surface area contributed by atoms with Crippen molar-refractivity contribution in [1.82, 2.24) is 9.80 Å². The van der Waals surface area contributed by atoms with Gasteiger partial charge in [0.25, 0.3) is 0 Å². The van der Waals surface area contributed by atoms with Gasteiger partial charge in [0, 0.05) is 32.3 Å². The van der Waals surface area contributed by atoms with E-state index in [9.17, 15) is 4.79 Å². The first kappa shape index (κ1) is 20.1. The van der Waals surface area contributed by atoms with E-state index in [1.54, 1.807) is 6.08 Å². The number of carbonyl (C=O) groups is 1. The van der Waals surface area contributed by atoms with Crippen LogP contribution in [-0.4, -0.2) is 48.9 Å². The van der Waals surface area contributed by atoms with Crippen molar-refractivity contribution >= 4 is 11.5 Å². The van der Waals surface area contributed by atoms with Crippen molar-refractivity contribution in [2.45, 2.75) is 20.8 Å². The Morgan fingerprint density at radius 1 is 0.786 bits per heavy atom. The highest BCUT2D eigenvalue weighted by Crippen LogP contribution is 2.26. The molecule has 1 amide bonds. The molecule has 2 aromatic carbocycles. The van der Waals surface area contributed by atoms with Gasteiger partial charge >= 0.3 is 0 Å². The molecule has 0 N–H and O–H groups in total. The summed E-state index contributed by atoms with van der Waals surface area (Å²) < 4.78 is 0. The van der Waals surface area contributed by atoms with E-state index in [0.29, 0.717) is 0 Å². The Bertz CT molecular complexity index is 820. The number of benzene rings is 2. The van der Waals surface area contributed by atoms with E-state index in [1.165, 1.54) is 11.1 Å². The highest BCUT2D eigenvalue weighted by Gasteiger charge is 2.17. The predicted molar refractivity (Wildman–Crippen MR) is 117 cm³/mol. The predicted octanol–water partition coefficient (Wildman–Crippen LogP) is 4.46. The Labute approximate surface area is 169 Å². The van der Waals surface area contributed by atoms with Crippen LogP contribution in [0.25, 0.3) is 5.57 Å². The van der Waals surface area contributed by atoms with Gasteiger partial charge in [0.05, 0.1) is 0 Å². The van der Waals surface area contributed by atoms with Crippen LogP contribution in [0.1, 0.15) is 29.2 Å². The average molecular weight is 375 g/mol. The maximum absolute atomic E-state index is 12.7. The summed E-state index contributed by atoms with van der Waals surface area (Å²) in [5.74, 6) is 0.106. The molecule has 0 bridgehead atoms. The lowest BCUT2D eigenvalue weighted by Gasteiger charge is -2.31. The first-order chi connectivity index (χ1) is 13.4. The van der Waals surface area contributed by atoms with Gasteiger partial charge < -0.3 is 9.80 Å². The van der Waals surface area contributed by atoms with Gasteiger partial charge in [0.15, 0.2) is 0 Å². The minimum Gasteiger partial charge on any atom is -0.337 e. The molecule has 0 radical (unpaired) electrons. The summed E-state index contributed by atoms with van der Waals surface area (Å²) in [4.78, 5) is 16.9. The van der Waals surface area contributed by atoms with Crippen LogP contribution in [0.15, 0.2) is 66.3 Å². The lowest BCUT2D eigenvalue weighted by molar-refractivity contribution is -0.127. The van der Waals surface area contributed by atoms with Gasteiger partial charge in [-0.25, -0.2) is 0 Å². The number of piperazine rings is 1. The molecular weight excluding hydrogens is 344 g/mol. The van der Waals surface area contributed by atoms with Crippen LogP contribution in [0, 0.1) is 13.8 Å². The van der Waals surface area contributed by atoms with E-state index in [0.717, 1.165) is 48.5 Å². The van der Waals surface area contributed by atoms with Crippen LogP contribution < -0.4 is 0 Å². The summed E-state index contributed by atoms with van der Waals surface area (Å²) in [5, 5.41) is 0. The molecule has 1 saturated heterocycles. The van der Waals surface area contributed by atoms with Crippen molar-refractivity contribution in [3.8, 4) is 0 Å². The lowest BCUT2D eigenvalue weighted by Crippen LogP contribution is -2.46. The summed E-state index contributed by atoms with van der Waals surface area (Å²) >= 11 is 0. The van der Waals surface area contributed by atoms with Crippen LogP contribution in [0.3, 0.4) is 0 Å². The van der Waals surface area contributed by atoms with Crippen LogP contribution >= 0.6 is 0 Å². The quantitative estimate of drug-likeness (QED) is 0.583. The first-order valence-electron chi connectivity index (χ1n) is 9.94. The van der Waals surface area contributed by atoms with E-state index >= 15 is 0 Å². The van der Waals surface area contributed by atoms with E-state index in [1.807, 2.05) is 11.8 Å². The van der Waals surface area contributed by atoms with E-state index < -0.39 is 0 Å².